The first-order valence-electron chi connectivity index (χ1n) is 8.26. The molecule has 0 aromatic carbocycles. The van der Waals surface area contributed by atoms with E-state index in [4.69, 9.17) is 22.1 Å². The van der Waals surface area contributed by atoms with Crippen LogP contribution in [0, 0.1) is 11.3 Å². The highest BCUT2D eigenvalue weighted by Crippen LogP contribution is 2.58. The lowest BCUT2D eigenvalue weighted by atomic mass is 9.46. The number of likely N-dealkylation sites (N-methyl/N-ethyl adjacent to an activating group) is 1. The first-order valence-corrected chi connectivity index (χ1v) is 9.46. The van der Waals surface area contributed by atoms with Crippen molar-refractivity contribution in [1.82, 2.24) is 4.90 Å². The molecule has 0 spiro atoms. The summed E-state index contributed by atoms with van der Waals surface area (Å²) in [6.45, 7) is 8.11. The van der Waals surface area contributed by atoms with E-state index in [1.165, 1.54) is 11.3 Å². The highest BCUT2D eigenvalue weighted by atomic mass is 35.5. The van der Waals surface area contributed by atoms with Crippen LogP contribution in [0.1, 0.15) is 38.5 Å². The summed E-state index contributed by atoms with van der Waals surface area (Å²) in [6, 6.07) is 3.85. The normalized spacial score (nSPS) is 30.7. The molecular formula is C17H26Cl2N2O2S. The van der Waals surface area contributed by atoms with Crippen molar-refractivity contribution in [2.24, 2.45) is 17.1 Å². The smallest absolute Gasteiger partial charge is 0.244 e. The number of carbonyl (C=O) groups is 1. The van der Waals surface area contributed by atoms with Gasteiger partial charge in [-0.25, -0.2) is 0 Å². The molecule has 3 atom stereocenters. The molecular weight excluding hydrogens is 367 g/mol. The van der Waals surface area contributed by atoms with Crippen molar-refractivity contribution in [2.75, 3.05) is 13.2 Å². The Morgan fingerprint density at radius 3 is 2.79 bits per heavy atom. The van der Waals surface area contributed by atoms with Crippen LogP contribution in [0.15, 0.2) is 12.1 Å². The number of rotatable bonds is 4. The zero-order valence-corrected chi connectivity index (χ0v) is 16.8. The van der Waals surface area contributed by atoms with Gasteiger partial charge in [0.25, 0.3) is 0 Å². The second kappa shape index (κ2) is 7.12. The Bertz CT molecular complexity index is 607. The lowest BCUT2D eigenvalue weighted by Gasteiger charge is -2.65. The van der Waals surface area contributed by atoms with Crippen molar-refractivity contribution in [3.63, 3.8) is 0 Å². The SMILES string of the molecule is CCN(Cc1ccc(Cl)s1)C(=O)C1(N)C2CCCOC2C1(C)C.Cl. The van der Waals surface area contributed by atoms with E-state index in [2.05, 4.69) is 13.8 Å². The molecule has 1 aromatic heterocycles. The maximum atomic E-state index is 13.3. The summed E-state index contributed by atoms with van der Waals surface area (Å²) in [5.74, 6) is 0.168. The van der Waals surface area contributed by atoms with Crippen LogP contribution in [0.25, 0.3) is 0 Å². The van der Waals surface area contributed by atoms with E-state index in [0.717, 1.165) is 28.7 Å². The highest BCUT2D eigenvalue weighted by Gasteiger charge is 2.70. The number of thiophene rings is 1. The van der Waals surface area contributed by atoms with Crippen LogP contribution in [0.2, 0.25) is 4.34 Å². The molecule has 7 heteroatoms. The minimum Gasteiger partial charge on any atom is -0.377 e. The number of ether oxygens (including phenoxy) is 1. The number of halogens is 2. The van der Waals surface area contributed by atoms with Crippen molar-refractivity contribution in [2.45, 2.75) is 51.8 Å². The second-order valence-corrected chi connectivity index (χ2v) is 8.96. The molecule has 3 rings (SSSR count). The van der Waals surface area contributed by atoms with E-state index in [-0.39, 0.29) is 35.8 Å². The van der Waals surface area contributed by atoms with E-state index in [1.54, 1.807) is 0 Å². The second-order valence-electron chi connectivity index (χ2n) is 7.16. The molecule has 1 aliphatic carbocycles. The van der Waals surface area contributed by atoms with E-state index in [1.807, 2.05) is 24.0 Å². The Morgan fingerprint density at radius 2 is 2.21 bits per heavy atom. The van der Waals surface area contributed by atoms with Gasteiger partial charge in [0.15, 0.2) is 0 Å². The molecule has 136 valence electrons. The summed E-state index contributed by atoms with van der Waals surface area (Å²) < 4.78 is 6.65. The van der Waals surface area contributed by atoms with Gasteiger partial charge in [-0.05, 0) is 31.9 Å². The van der Waals surface area contributed by atoms with Crippen molar-refractivity contribution < 1.29 is 9.53 Å². The predicted octanol–water partition coefficient (Wildman–Crippen LogP) is 3.70. The van der Waals surface area contributed by atoms with Crippen LogP contribution in [0.5, 0.6) is 0 Å². The molecule has 24 heavy (non-hydrogen) atoms. The Labute approximate surface area is 159 Å². The van der Waals surface area contributed by atoms with E-state index in [9.17, 15) is 4.79 Å². The Balaban J connectivity index is 0.00000208. The standard InChI is InChI=1S/C17H25ClN2O2S.ClH/c1-4-20(10-11-7-8-13(18)23-11)15(21)17(19)12-6-5-9-22-14(12)16(17,2)3;/h7-8,12,14H,4-6,9-10,19H2,1-3H3;1H. The van der Waals surface area contributed by atoms with Gasteiger partial charge in [-0.3, -0.25) is 4.79 Å². The fraction of sp³-hybridized carbons (Fsp3) is 0.706. The van der Waals surface area contributed by atoms with Crippen molar-refractivity contribution in [1.29, 1.82) is 0 Å². The van der Waals surface area contributed by atoms with Gasteiger partial charge in [0, 0.05) is 29.4 Å². The zero-order chi connectivity index (χ0) is 16.8. The highest BCUT2D eigenvalue weighted by molar-refractivity contribution is 7.16. The number of nitrogens with zero attached hydrogens (tertiary/aromatic N) is 1. The van der Waals surface area contributed by atoms with Crippen LogP contribution in [0.3, 0.4) is 0 Å². The number of hydrogen-bond donors (Lipinski definition) is 1. The molecule has 1 aromatic rings. The molecule has 1 saturated carbocycles. The van der Waals surface area contributed by atoms with Crippen LogP contribution in [0.4, 0.5) is 0 Å². The zero-order valence-electron chi connectivity index (χ0n) is 14.4. The van der Waals surface area contributed by atoms with Crippen LogP contribution < -0.4 is 5.73 Å². The third kappa shape index (κ3) is 2.88. The van der Waals surface area contributed by atoms with Gasteiger partial charge in [-0.2, -0.15) is 0 Å². The van der Waals surface area contributed by atoms with Crippen LogP contribution >= 0.6 is 35.3 Å². The Morgan fingerprint density at radius 1 is 1.50 bits per heavy atom. The van der Waals surface area contributed by atoms with E-state index >= 15 is 0 Å². The first-order chi connectivity index (χ1) is 10.8. The summed E-state index contributed by atoms with van der Waals surface area (Å²) in [5, 5.41) is 0. The number of nitrogens with two attached hydrogens (primary N) is 1. The molecule has 0 bridgehead atoms. The summed E-state index contributed by atoms with van der Waals surface area (Å²) in [6.07, 6.45) is 2.05. The van der Waals surface area contributed by atoms with Crippen LogP contribution in [-0.2, 0) is 16.1 Å². The average Bonchev–Trinajstić information content (AvgIpc) is 2.96. The maximum absolute atomic E-state index is 13.3. The molecule has 0 radical (unpaired) electrons. The molecule has 1 aliphatic heterocycles. The Hall–Kier alpha value is -0.330. The lowest BCUT2D eigenvalue weighted by molar-refractivity contribution is -0.230. The number of carbonyl (C=O) groups excluding carboxylic acids is 1. The summed E-state index contributed by atoms with van der Waals surface area (Å²) in [7, 11) is 0. The van der Waals surface area contributed by atoms with Crippen molar-refractivity contribution >= 4 is 41.3 Å². The van der Waals surface area contributed by atoms with Crippen molar-refractivity contribution in [3.05, 3.63) is 21.3 Å². The fourth-order valence-corrected chi connectivity index (χ4v) is 5.33. The summed E-state index contributed by atoms with van der Waals surface area (Å²) in [5.41, 5.74) is 5.54. The predicted molar refractivity (Wildman–Crippen MR) is 101 cm³/mol. The van der Waals surface area contributed by atoms with Gasteiger partial charge < -0.3 is 15.4 Å². The third-order valence-corrected chi connectivity index (χ3v) is 6.90. The summed E-state index contributed by atoms with van der Waals surface area (Å²) >= 11 is 7.52. The molecule has 2 fully saturated rings. The summed E-state index contributed by atoms with van der Waals surface area (Å²) in [4.78, 5) is 16.2. The minimum atomic E-state index is -0.838. The number of fused-ring (bicyclic) bond motifs is 1. The minimum absolute atomic E-state index is 0. The average molecular weight is 393 g/mol. The maximum Gasteiger partial charge on any atom is 0.244 e. The topological polar surface area (TPSA) is 55.6 Å². The van der Waals surface area contributed by atoms with E-state index in [0.29, 0.717) is 13.1 Å². The molecule has 2 aliphatic rings. The quantitative estimate of drug-likeness (QED) is 0.849. The number of amides is 1. The molecule has 2 N–H and O–H groups in total. The van der Waals surface area contributed by atoms with Gasteiger partial charge >= 0.3 is 0 Å². The third-order valence-electron chi connectivity index (χ3n) is 5.68. The molecule has 3 unspecified atom stereocenters. The monoisotopic (exact) mass is 392 g/mol. The molecule has 4 nitrogen and oxygen atoms in total. The fourth-order valence-electron chi connectivity index (χ4n) is 4.22. The number of hydrogen-bond acceptors (Lipinski definition) is 4. The van der Waals surface area contributed by atoms with Crippen molar-refractivity contribution in [3.8, 4) is 0 Å². The first kappa shape index (κ1) is 20.0. The van der Waals surface area contributed by atoms with E-state index < -0.39 is 5.54 Å². The van der Waals surface area contributed by atoms with Gasteiger partial charge in [-0.15, -0.1) is 23.7 Å². The molecule has 1 amide bonds. The van der Waals surface area contributed by atoms with Crippen LogP contribution in [-0.4, -0.2) is 35.6 Å². The Kier molecular flexibility index (Phi) is 5.93. The van der Waals surface area contributed by atoms with Gasteiger partial charge in [-0.1, -0.05) is 25.4 Å². The van der Waals surface area contributed by atoms with Gasteiger partial charge in [0.05, 0.1) is 17.0 Å². The largest absolute Gasteiger partial charge is 0.377 e. The molecule has 2 heterocycles. The van der Waals surface area contributed by atoms with Gasteiger partial charge in [0.2, 0.25) is 5.91 Å². The molecule has 1 saturated heterocycles. The van der Waals surface area contributed by atoms with Gasteiger partial charge in [0.1, 0.15) is 5.54 Å². The lowest BCUT2D eigenvalue weighted by Crippen LogP contribution is -2.82.